The molecule has 1 atom stereocenters. The Labute approximate surface area is 84.5 Å². The summed E-state index contributed by atoms with van der Waals surface area (Å²) in [6.07, 6.45) is -0.524. The number of benzene rings is 1. The van der Waals surface area contributed by atoms with Crippen LogP contribution in [-0.2, 0) is 0 Å². The molecule has 4 heteroatoms. The van der Waals surface area contributed by atoms with Gasteiger partial charge in [0.2, 0.25) is 0 Å². The second-order valence-corrected chi connectivity index (χ2v) is 3.59. The van der Waals surface area contributed by atoms with Gasteiger partial charge in [-0.15, -0.1) is 0 Å². The van der Waals surface area contributed by atoms with E-state index in [9.17, 15) is 4.39 Å². The second-order valence-electron chi connectivity index (χ2n) is 2.74. The van der Waals surface area contributed by atoms with Gasteiger partial charge in [0.1, 0.15) is 18.2 Å². The van der Waals surface area contributed by atoms with E-state index in [1.165, 1.54) is 18.2 Å². The Hall–Kier alpha value is -0.610. The normalized spacial score (nSPS) is 12.6. The number of rotatable bonds is 3. The summed E-state index contributed by atoms with van der Waals surface area (Å²) in [5.41, 5.74) is 0. The molecule has 0 saturated heterocycles. The SMILES string of the molecule is C[C@H](O)COc1ccc(F)c(Br)c1. The van der Waals surface area contributed by atoms with Crippen LogP contribution in [0.25, 0.3) is 0 Å². The Bertz CT molecular complexity index is 289. The van der Waals surface area contributed by atoms with Gasteiger partial charge in [0.25, 0.3) is 0 Å². The minimum Gasteiger partial charge on any atom is -0.491 e. The number of ether oxygens (including phenoxy) is 1. The molecule has 1 rings (SSSR count). The molecule has 0 amide bonds. The monoisotopic (exact) mass is 248 g/mol. The van der Waals surface area contributed by atoms with Crippen LogP contribution in [0, 0.1) is 5.82 Å². The van der Waals surface area contributed by atoms with E-state index in [1.807, 2.05) is 0 Å². The maximum absolute atomic E-state index is 12.7. The average molecular weight is 249 g/mol. The predicted molar refractivity (Wildman–Crippen MR) is 51.3 cm³/mol. The van der Waals surface area contributed by atoms with Crippen LogP contribution in [0.15, 0.2) is 22.7 Å². The van der Waals surface area contributed by atoms with Gasteiger partial charge in [-0.3, -0.25) is 0 Å². The molecule has 0 bridgehead atoms. The van der Waals surface area contributed by atoms with Crippen LogP contribution < -0.4 is 4.74 Å². The minimum absolute atomic E-state index is 0.206. The first-order valence-corrected chi connectivity index (χ1v) is 4.65. The third kappa shape index (κ3) is 3.32. The highest BCUT2D eigenvalue weighted by Gasteiger charge is 2.02. The number of hydrogen-bond donors (Lipinski definition) is 1. The summed E-state index contributed by atoms with van der Waals surface area (Å²) in [4.78, 5) is 0. The van der Waals surface area contributed by atoms with Crippen molar-refractivity contribution in [1.29, 1.82) is 0 Å². The lowest BCUT2D eigenvalue weighted by molar-refractivity contribution is 0.122. The maximum Gasteiger partial charge on any atom is 0.137 e. The van der Waals surface area contributed by atoms with E-state index in [2.05, 4.69) is 15.9 Å². The molecule has 0 heterocycles. The van der Waals surface area contributed by atoms with Crippen LogP contribution in [-0.4, -0.2) is 17.8 Å². The summed E-state index contributed by atoms with van der Waals surface area (Å²) in [6, 6.07) is 4.35. The van der Waals surface area contributed by atoms with Gasteiger partial charge in [-0.1, -0.05) is 0 Å². The van der Waals surface area contributed by atoms with Crippen LogP contribution in [0.5, 0.6) is 5.75 Å². The van der Waals surface area contributed by atoms with Crippen molar-refractivity contribution in [3.05, 3.63) is 28.5 Å². The van der Waals surface area contributed by atoms with E-state index in [-0.39, 0.29) is 12.4 Å². The van der Waals surface area contributed by atoms with Crippen LogP contribution in [0.4, 0.5) is 4.39 Å². The molecule has 0 aliphatic rings. The zero-order valence-corrected chi connectivity index (χ0v) is 8.71. The summed E-state index contributed by atoms with van der Waals surface area (Å²) in [7, 11) is 0. The first kappa shape index (κ1) is 10.5. The number of aliphatic hydroxyl groups excluding tert-OH is 1. The molecule has 0 unspecified atom stereocenters. The van der Waals surface area contributed by atoms with Gasteiger partial charge < -0.3 is 9.84 Å². The lowest BCUT2D eigenvalue weighted by Crippen LogP contribution is -2.12. The smallest absolute Gasteiger partial charge is 0.137 e. The van der Waals surface area contributed by atoms with E-state index in [0.717, 1.165) is 0 Å². The fourth-order valence-corrected chi connectivity index (χ4v) is 1.14. The largest absolute Gasteiger partial charge is 0.491 e. The van der Waals surface area contributed by atoms with Gasteiger partial charge in [-0.05, 0) is 41.1 Å². The first-order chi connectivity index (χ1) is 6.09. The Kier molecular flexibility index (Phi) is 3.69. The Morgan fingerprint density at radius 1 is 1.62 bits per heavy atom. The standard InChI is InChI=1S/C9H10BrFO2/c1-6(12)5-13-7-2-3-9(11)8(10)4-7/h2-4,6,12H,5H2,1H3/t6-/m0/s1. The van der Waals surface area contributed by atoms with E-state index in [0.29, 0.717) is 10.2 Å². The quantitative estimate of drug-likeness (QED) is 0.890. The van der Waals surface area contributed by atoms with Crippen molar-refractivity contribution in [2.24, 2.45) is 0 Å². The maximum atomic E-state index is 12.7. The molecule has 0 radical (unpaired) electrons. The Balaban J connectivity index is 2.63. The van der Waals surface area contributed by atoms with Crippen molar-refractivity contribution in [3.63, 3.8) is 0 Å². The van der Waals surface area contributed by atoms with Crippen LogP contribution in [0.3, 0.4) is 0 Å². The lowest BCUT2D eigenvalue weighted by atomic mass is 10.3. The number of halogens is 2. The fraction of sp³-hybridized carbons (Fsp3) is 0.333. The summed E-state index contributed by atoms with van der Waals surface area (Å²) >= 11 is 3.04. The molecule has 1 aromatic carbocycles. The van der Waals surface area contributed by atoms with E-state index in [1.54, 1.807) is 6.92 Å². The molecule has 1 N–H and O–H groups in total. The molecular formula is C9H10BrFO2. The van der Waals surface area contributed by atoms with Gasteiger partial charge >= 0.3 is 0 Å². The minimum atomic E-state index is -0.524. The highest BCUT2D eigenvalue weighted by atomic mass is 79.9. The summed E-state index contributed by atoms with van der Waals surface area (Å²) in [5.74, 6) is 0.207. The summed E-state index contributed by atoms with van der Waals surface area (Å²) < 4.78 is 18.3. The third-order valence-electron chi connectivity index (χ3n) is 1.38. The molecule has 0 aliphatic carbocycles. The van der Waals surface area contributed by atoms with Crippen LogP contribution in [0.2, 0.25) is 0 Å². The lowest BCUT2D eigenvalue weighted by Gasteiger charge is -2.08. The van der Waals surface area contributed by atoms with Crippen molar-refractivity contribution < 1.29 is 14.2 Å². The molecule has 0 aliphatic heterocycles. The average Bonchev–Trinajstić information content (AvgIpc) is 2.07. The van der Waals surface area contributed by atoms with Crippen molar-refractivity contribution >= 4 is 15.9 Å². The van der Waals surface area contributed by atoms with Crippen molar-refractivity contribution in [2.45, 2.75) is 13.0 Å². The van der Waals surface area contributed by atoms with Gasteiger partial charge in [0, 0.05) is 0 Å². The van der Waals surface area contributed by atoms with Crippen molar-refractivity contribution in [3.8, 4) is 5.75 Å². The highest BCUT2D eigenvalue weighted by molar-refractivity contribution is 9.10. The molecule has 0 aromatic heterocycles. The molecule has 0 spiro atoms. The van der Waals surface area contributed by atoms with Gasteiger partial charge in [-0.25, -0.2) is 4.39 Å². The number of hydrogen-bond acceptors (Lipinski definition) is 2. The van der Waals surface area contributed by atoms with E-state index < -0.39 is 6.10 Å². The van der Waals surface area contributed by atoms with E-state index >= 15 is 0 Å². The zero-order chi connectivity index (χ0) is 9.84. The molecular weight excluding hydrogens is 239 g/mol. The van der Waals surface area contributed by atoms with Gasteiger partial charge in [0.05, 0.1) is 10.6 Å². The first-order valence-electron chi connectivity index (χ1n) is 3.85. The van der Waals surface area contributed by atoms with Gasteiger partial charge in [0.15, 0.2) is 0 Å². The van der Waals surface area contributed by atoms with E-state index in [4.69, 9.17) is 9.84 Å². The number of aliphatic hydroxyl groups is 1. The Morgan fingerprint density at radius 3 is 2.85 bits per heavy atom. The molecule has 72 valence electrons. The fourth-order valence-electron chi connectivity index (χ4n) is 0.783. The molecule has 2 nitrogen and oxygen atoms in total. The molecule has 0 saturated carbocycles. The topological polar surface area (TPSA) is 29.5 Å². The molecule has 13 heavy (non-hydrogen) atoms. The van der Waals surface area contributed by atoms with Crippen molar-refractivity contribution in [1.82, 2.24) is 0 Å². The highest BCUT2D eigenvalue weighted by Crippen LogP contribution is 2.21. The second kappa shape index (κ2) is 4.58. The third-order valence-corrected chi connectivity index (χ3v) is 1.99. The van der Waals surface area contributed by atoms with Crippen LogP contribution in [0.1, 0.15) is 6.92 Å². The van der Waals surface area contributed by atoms with Gasteiger partial charge in [-0.2, -0.15) is 0 Å². The predicted octanol–water partition coefficient (Wildman–Crippen LogP) is 2.35. The van der Waals surface area contributed by atoms with Crippen LogP contribution >= 0.6 is 15.9 Å². The zero-order valence-electron chi connectivity index (χ0n) is 7.13. The van der Waals surface area contributed by atoms with Crippen molar-refractivity contribution in [2.75, 3.05) is 6.61 Å². The Morgan fingerprint density at radius 2 is 2.31 bits per heavy atom. The molecule has 0 fully saturated rings. The summed E-state index contributed by atoms with van der Waals surface area (Å²) in [5, 5.41) is 8.93. The molecule has 1 aromatic rings. The summed E-state index contributed by atoms with van der Waals surface area (Å²) in [6.45, 7) is 1.83.